The molecule has 1 aliphatic rings. The van der Waals surface area contributed by atoms with Crippen LogP contribution in [0.3, 0.4) is 0 Å². The van der Waals surface area contributed by atoms with Gasteiger partial charge in [0.2, 0.25) is 17.8 Å². The van der Waals surface area contributed by atoms with E-state index in [1.54, 1.807) is 36.5 Å². The summed E-state index contributed by atoms with van der Waals surface area (Å²) in [6, 6.07) is 11.2. The second-order valence-corrected chi connectivity index (χ2v) is 8.47. The van der Waals surface area contributed by atoms with Crippen LogP contribution in [0.4, 0.5) is 29.2 Å². The van der Waals surface area contributed by atoms with Crippen molar-refractivity contribution in [3.63, 3.8) is 0 Å². The minimum Gasteiger partial charge on any atom is -0.341 e. The first-order valence-electron chi connectivity index (χ1n) is 10.7. The Kier molecular flexibility index (Phi) is 7.71. The summed E-state index contributed by atoms with van der Waals surface area (Å²) in [5.41, 5.74) is 4.22. The van der Waals surface area contributed by atoms with Gasteiger partial charge in [-0.3, -0.25) is 10.1 Å². The third-order valence-electron chi connectivity index (χ3n) is 5.17. The number of halogens is 2. The third kappa shape index (κ3) is 6.30. The van der Waals surface area contributed by atoms with Crippen LogP contribution >= 0.6 is 23.2 Å². The van der Waals surface area contributed by atoms with Crippen LogP contribution in [0, 0.1) is 10.1 Å². The number of benzene rings is 2. The van der Waals surface area contributed by atoms with Gasteiger partial charge in [0.15, 0.2) is 0 Å². The minimum absolute atomic E-state index is 0.00504. The fraction of sp³-hybridized carbons (Fsp3) is 0.273. The summed E-state index contributed by atoms with van der Waals surface area (Å²) in [5.74, 6) is 1.10. The molecule has 1 aromatic heterocycles. The van der Waals surface area contributed by atoms with Gasteiger partial charge in [-0.05, 0) is 42.7 Å². The molecular weight excluding hydrogens is 479 g/mol. The third-order valence-corrected chi connectivity index (χ3v) is 5.91. The smallest absolute Gasteiger partial charge is 0.269 e. The van der Waals surface area contributed by atoms with Gasteiger partial charge in [-0.2, -0.15) is 20.1 Å². The molecule has 2 heterocycles. The first-order valence-corrected chi connectivity index (χ1v) is 11.5. The summed E-state index contributed by atoms with van der Waals surface area (Å²) < 4.78 is 0. The van der Waals surface area contributed by atoms with Crippen molar-refractivity contribution in [1.82, 2.24) is 15.0 Å². The molecular formula is C22H22Cl2N8O2. The van der Waals surface area contributed by atoms with Crippen molar-refractivity contribution in [3.8, 4) is 0 Å². The second-order valence-electron chi connectivity index (χ2n) is 7.66. The number of hydrazone groups is 1. The predicted octanol–water partition coefficient (Wildman–Crippen LogP) is 5.66. The van der Waals surface area contributed by atoms with Crippen molar-refractivity contribution < 1.29 is 4.92 Å². The number of nitro benzene ring substituents is 1. The molecule has 0 unspecified atom stereocenters. The van der Waals surface area contributed by atoms with Crippen molar-refractivity contribution in [2.45, 2.75) is 25.7 Å². The second kappa shape index (κ2) is 11.1. The monoisotopic (exact) mass is 500 g/mol. The number of nitrogens with one attached hydrogen (secondary N) is 2. The zero-order chi connectivity index (χ0) is 23.9. The maximum Gasteiger partial charge on any atom is 0.269 e. The van der Waals surface area contributed by atoms with Gasteiger partial charge in [0.05, 0.1) is 21.2 Å². The Morgan fingerprint density at radius 1 is 0.941 bits per heavy atom. The summed E-state index contributed by atoms with van der Waals surface area (Å²) in [5, 5.41) is 19.1. The van der Waals surface area contributed by atoms with Crippen molar-refractivity contribution >= 4 is 58.6 Å². The molecule has 0 bridgehead atoms. The summed E-state index contributed by atoms with van der Waals surface area (Å²) in [7, 11) is 0. The molecule has 1 saturated heterocycles. The van der Waals surface area contributed by atoms with E-state index in [1.165, 1.54) is 25.0 Å². The first kappa shape index (κ1) is 23.7. The van der Waals surface area contributed by atoms with Crippen molar-refractivity contribution in [2.75, 3.05) is 28.7 Å². The number of anilines is 4. The molecule has 0 aliphatic carbocycles. The van der Waals surface area contributed by atoms with Gasteiger partial charge >= 0.3 is 0 Å². The number of aromatic nitrogens is 3. The number of nitro groups is 1. The Bertz CT molecular complexity index is 1180. The zero-order valence-corrected chi connectivity index (χ0v) is 19.6. The number of rotatable bonds is 7. The molecule has 0 atom stereocenters. The lowest BCUT2D eigenvalue weighted by Gasteiger charge is -2.21. The molecule has 10 nitrogen and oxygen atoms in total. The fourth-order valence-corrected chi connectivity index (χ4v) is 3.74. The van der Waals surface area contributed by atoms with E-state index >= 15 is 0 Å². The number of hydrogen-bond donors (Lipinski definition) is 2. The van der Waals surface area contributed by atoms with E-state index in [2.05, 4.69) is 35.7 Å². The Morgan fingerprint density at radius 3 is 2.32 bits per heavy atom. The van der Waals surface area contributed by atoms with E-state index in [0.717, 1.165) is 31.5 Å². The van der Waals surface area contributed by atoms with Crippen LogP contribution in [-0.4, -0.2) is 39.2 Å². The van der Waals surface area contributed by atoms with Crippen molar-refractivity contribution in [3.05, 3.63) is 68.2 Å². The molecule has 3 aromatic rings. The molecule has 34 heavy (non-hydrogen) atoms. The molecule has 2 aromatic carbocycles. The normalized spacial score (nSPS) is 14.1. The molecule has 0 radical (unpaired) electrons. The topological polar surface area (TPSA) is 121 Å². The van der Waals surface area contributed by atoms with E-state index < -0.39 is 4.92 Å². The van der Waals surface area contributed by atoms with Crippen LogP contribution in [0.2, 0.25) is 10.0 Å². The molecule has 176 valence electrons. The van der Waals surface area contributed by atoms with E-state index in [4.69, 9.17) is 23.2 Å². The van der Waals surface area contributed by atoms with Gasteiger partial charge in [0.1, 0.15) is 0 Å². The first-order chi connectivity index (χ1) is 16.5. The molecule has 2 N–H and O–H groups in total. The van der Waals surface area contributed by atoms with Gasteiger partial charge in [0.25, 0.3) is 5.69 Å². The highest BCUT2D eigenvalue weighted by molar-refractivity contribution is 6.42. The number of non-ortho nitro benzene ring substituents is 1. The Morgan fingerprint density at radius 2 is 1.65 bits per heavy atom. The zero-order valence-electron chi connectivity index (χ0n) is 18.1. The lowest BCUT2D eigenvalue weighted by Crippen LogP contribution is -2.26. The van der Waals surface area contributed by atoms with Gasteiger partial charge in [-0.25, -0.2) is 5.43 Å². The number of nitrogens with zero attached hydrogens (tertiary/aromatic N) is 6. The Labute approximate surface area is 206 Å². The Balaban J connectivity index is 1.57. The van der Waals surface area contributed by atoms with Crippen molar-refractivity contribution in [1.29, 1.82) is 0 Å². The maximum atomic E-state index is 10.9. The van der Waals surface area contributed by atoms with Crippen LogP contribution in [0.15, 0.2) is 47.6 Å². The quantitative estimate of drug-likeness (QED) is 0.242. The highest BCUT2D eigenvalue weighted by Gasteiger charge is 2.16. The molecule has 1 aliphatic heterocycles. The highest BCUT2D eigenvalue weighted by Crippen LogP contribution is 2.23. The molecule has 1 fully saturated rings. The lowest BCUT2D eigenvalue weighted by atomic mass is 10.2. The summed E-state index contributed by atoms with van der Waals surface area (Å²) in [4.78, 5) is 26.1. The molecule has 0 saturated carbocycles. The SMILES string of the molecule is O=[N+]([O-])c1ccc(Nc2nc(NN=Cc3ccc(Cl)c(Cl)c3)nc(N3CCCCCC3)n2)cc1. The minimum atomic E-state index is -0.446. The fourth-order valence-electron chi connectivity index (χ4n) is 3.44. The van der Waals surface area contributed by atoms with E-state index in [-0.39, 0.29) is 11.6 Å². The molecule has 0 spiro atoms. The Hall–Kier alpha value is -3.50. The maximum absolute atomic E-state index is 10.9. The van der Waals surface area contributed by atoms with Gasteiger partial charge in [0, 0.05) is 30.9 Å². The largest absolute Gasteiger partial charge is 0.341 e. The summed E-state index contributed by atoms with van der Waals surface area (Å²) in [6.07, 6.45) is 6.06. The average molecular weight is 501 g/mol. The average Bonchev–Trinajstić information content (AvgIpc) is 3.11. The summed E-state index contributed by atoms with van der Waals surface area (Å²) >= 11 is 12.0. The van der Waals surface area contributed by atoms with Gasteiger partial charge < -0.3 is 10.2 Å². The summed E-state index contributed by atoms with van der Waals surface area (Å²) in [6.45, 7) is 1.71. The van der Waals surface area contributed by atoms with E-state index in [9.17, 15) is 10.1 Å². The highest BCUT2D eigenvalue weighted by atomic mass is 35.5. The molecule has 4 rings (SSSR count). The van der Waals surface area contributed by atoms with Crippen LogP contribution in [0.1, 0.15) is 31.2 Å². The van der Waals surface area contributed by atoms with Crippen LogP contribution < -0.4 is 15.6 Å². The van der Waals surface area contributed by atoms with Crippen LogP contribution in [0.5, 0.6) is 0 Å². The number of hydrogen-bond acceptors (Lipinski definition) is 9. The van der Waals surface area contributed by atoms with Crippen LogP contribution in [-0.2, 0) is 0 Å². The molecule has 0 amide bonds. The van der Waals surface area contributed by atoms with E-state index in [1.807, 2.05) is 0 Å². The van der Waals surface area contributed by atoms with E-state index in [0.29, 0.717) is 27.6 Å². The standard InChI is InChI=1S/C22H22Cl2N8O2/c23-18-10-5-15(13-19(18)24)14-25-30-21-27-20(26-16-6-8-17(9-7-16)32(33)34)28-22(29-21)31-11-3-1-2-4-12-31/h5-10,13-14H,1-4,11-12H2,(H2,26,27,28,29,30). The van der Waals surface area contributed by atoms with Gasteiger partial charge in [-0.15, -0.1) is 0 Å². The van der Waals surface area contributed by atoms with Crippen molar-refractivity contribution in [2.24, 2.45) is 5.10 Å². The molecule has 12 heteroatoms. The lowest BCUT2D eigenvalue weighted by molar-refractivity contribution is -0.384. The van der Waals surface area contributed by atoms with Gasteiger partial charge in [-0.1, -0.05) is 42.1 Å². The van der Waals surface area contributed by atoms with Crippen LogP contribution in [0.25, 0.3) is 0 Å². The predicted molar refractivity (Wildman–Crippen MR) is 135 cm³/mol.